The van der Waals surface area contributed by atoms with E-state index >= 15 is 0 Å². The van der Waals surface area contributed by atoms with Gasteiger partial charge in [0.15, 0.2) is 0 Å². The summed E-state index contributed by atoms with van der Waals surface area (Å²) >= 11 is 0. The van der Waals surface area contributed by atoms with Crippen molar-refractivity contribution in [3.8, 4) is 0 Å². The number of esters is 1. The number of carbonyl (C=O) groups excluding carboxylic acids is 2. The molecule has 5 nitrogen and oxygen atoms in total. The van der Waals surface area contributed by atoms with E-state index in [2.05, 4.69) is 15.4 Å². The van der Waals surface area contributed by atoms with Gasteiger partial charge in [0.05, 0.1) is 13.0 Å². The smallest absolute Gasteiger partial charge is 0.325 e. The zero-order valence-electron chi connectivity index (χ0n) is 11.1. The van der Waals surface area contributed by atoms with Crippen LogP contribution in [0.15, 0.2) is 24.3 Å². The van der Waals surface area contributed by atoms with E-state index in [1.165, 1.54) is 7.11 Å². The van der Waals surface area contributed by atoms with E-state index in [9.17, 15) is 9.59 Å². The summed E-state index contributed by atoms with van der Waals surface area (Å²) in [6, 6.07) is 7.90. The predicted molar refractivity (Wildman–Crippen MR) is 70.5 cm³/mol. The molecule has 1 heterocycles. The molecule has 0 saturated heterocycles. The van der Waals surface area contributed by atoms with Crippen LogP contribution in [0.3, 0.4) is 0 Å². The van der Waals surface area contributed by atoms with Crippen molar-refractivity contribution in [2.45, 2.75) is 25.4 Å². The Morgan fingerprint density at radius 1 is 1.42 bits per heavy atom. The number of benzene rings is 1. The number of methoxy groups -OCH3 is 1. The van der Waals surface area contributed by atoms with Crippen molar-refractivity contribution < 1.29 is 14.3 Å². The van der Waals surface area contributed by atoms with Gasteiger partial charge in [0, 0.05) is 12.6 Å². The largest absolute Gasteiger partial charge is 0.468 e. The van der Waals surface area contributed by atoms with Crippen LogP contribution in [-0.2, 0) is 20.9 Å². The Bertz CT molecular complexity index is 487. The summed E-state index contributed by atoms with van der Waals surface area (Å²) in [6.45, 7) is 2.64. The van der Waals surface area contributed by atoms with Gasteiger partial charge in [-0.3, -0.25) is 9.59 Å². The van der Waals surface area contributed by atoms with Gasteiger partial charge in [0.1, 0.15) is 6.54 Å². The van der Waals surface area contributed by atoms with E-state index in [4.69, 9.17) is 0 Å². The van der Waals surface area contributed by atoms with E-state index in [1.54, 1.807) is 0 Å². The summed E-state index contributed by atoms with van der Waals surface area (Å²) in [5.74, 6) is -0.884. The van der Waals surface area contributed by atoms with Crippen LogP contribution in [0, 0.1) is 0 Å². The summed E-state index contributed by atoms with van der Waals surface area (Å²) in [4.78, 5) is 23.3. The van der Waals surface area contributed by atoms with Crippen molar-refractivity contribution in [2.75, 3.05) is 13.7 Å². The minimum absolute atomic E-state index is 0.0348. The maximum Gasteiger partial charge on any atom is 0.325 e. The number of carbonyl (C=O) groups is 2. The number of hydrogen-bond acceptors (Lipinski definition) is 4. The number of hydrogen-bond donors (Lipinski definition) is 2. The number of ether oxygens (including phenoxy) is 1. The van der Waals surface area contributed by atoms with Gasteiger partial charge in [-0.15, -0.1) is 0 Å². The summed E-state index contributed by atoms with van der Waals surface area (Å²) in [5.41, 5.74) is 2.15. The Morgan fingerprint density at radius 2 is 2.16 bits per heavy atom. The van der Waals surface area contributed by atoms with Gasteiger partial charge >= 0.3 is 5.97 Å². The SMILES string of the molecule is COC(=O)CNC(=O)C1c2ccccc2CNC1C. The van der Waals surface area contributed by atoms with E-state index in [0.29, 0.717) is 0 Å². The second kappa shape index (κ2) is 5.84. The summed E-state index contributed by atoms with van der Waals surface area (Å²) < 4.78 is 4.51. The molecule has 2 unspecified atom stereocenters. The molecule has 0 aromatic heterocycles. The number of fused-ring (bicyclic) bond motifs is 1. The number of nitrogens with one attached hydrogen (secondary N) is 2. The maximum absolute atomic E-state index is 12.2. The molecule has 0 aliphatic carbocycles. The van der Waals surface area contributed by atoms with Crippen LogP contribution in [0.25, 0.3) is 0 Å². The first-order valence-electron chi connectivity index (χ1n) is 6.29. The highest BCUT2D eigenvalue weighted by atomic mass is 16.5. The van der Waals surface area contributed by atoms with E-state index in [-0.39, 0.29) is 24.4 Å². The Labute approximate surface area is 112 Å². The van der Waals surface area contributed by atoms with Crippen LogP contribution in [0.1, 0.15) is 24.0 Å². The third kappa shape index (κ3) is 2.93. The molecule has 5 heteroatoms. The molecule has 1 amide bonds. The molecular weight excluding hydrogens is 244 g/mol. The van der Waals surface area contributed by atoms with Crippen molar-refractivity contribution in [2.24, 2.45) is 0 Å². The van der Waals surface area contributed by atoms with Crippen molar-refractivity contribution >= 4 is 11.9 Å². The van der Waals surface area contributed by atoms with Gasteiger partial charge in [-0.1, -0.05) is 24.3 Å². The molecule has 1 aliphatic heterocycles. The topological polar surface area (TPSA) is 67.4 Å². The van der Waals surface area contributed by atoms with Crippen LogP contribution >= 0.6 is 0 Å². The first kappa shape index (κ1) is 13.5. The lowest BCUT2D eigenvalue weighted by Crippen LogP contribution is -2.45. The zero-order chi connectivity index (χ0) is 13.8. The summed E-state index contributed by atoms with van der Waals surface area (Å²) in [5, 5.41) is 5.91. The summed E-state index contributed by atoms with van der Waals surface area (Å²) in [6.07, 6.45) is 0. The zero-order valence-corrected chi connectivity index (χ0v) is 11.1. The van der Waals surface area contributed by atoms with Crippen LogP contribution in [0.5, 0.6) is 0 Å². The van der Waals surface area contributed by atoms with E-state index < -0.39 is 5.97 Å². The Hall–Kier alpha value is -1.88. The van der Waals surface area contributed by atoms with Crippen molar-refractivity contribution in [3.05, 3.63) is 35.4 Å². The normalized spacial score (nSPS) is 21.4. The summed E-state index contributed by atoms with van der Waals surface area (Å²) in [7, 11) is 1.30. The fourth-order valence-corrected chi connectivity index (χ4v) is 2.37. The third-order valence-corrected chi connectivity index (χ3v) is 3.42. The highest BCUT2D eigenvalue weighted by Gasteiger charge is 2.31. The Balaban J connectivity index is 2.14. The molecule has 102 valence electrons. The van der Waals surface area contributed by atoms with Crippen LogP contribution in [-0.4, -0.2) is 31.6 Å². The fraction of sp³-hybridized carbons (Fsp3) is 0.429. The number of rotatable bonds is 3. The van der Waals surface area contributed by atoms with E-state index in [1.807, 2.05) is 31.2 Å². The highest BCUT2D eigenvalue weighted by molar-refractivity contribution is 5.88. The second-order valence-electron chi connectivity index (χ2n) is 4.64. The molecule has 2 N–H and O–H groups in total. The minimum Gasteiger partial charge on any atom is -0.468 e. The highest BCUT2D eigenvalue weighted by Crippen LogP contribution is 2.27. The van der Waals surface area contributed by atoms with Crippen LogP contribution in [0.2, 0.25) is 0 Å². The monoisotopic (exact) mass is 262 g/mol. The van der Waals surface area contributed by atoms with Crippen molar-refractivity contribution in [3.63, 3.8) is 0 Å². The molecule has 2 rings (SSSR count). The quantitative estimate of drug-likeness (QED) is 0.781. The Morgan fingerprint density at radius 3 is 2.89 bits per heavy atom. The van der Waals surface area contributed by atoms with Gasteiger partial charge < -0.3 is 15.4 Å². The molecule has 1 aromatic carbocycles. The van der Waals surface area contributed by atoms with Gasteiger partial charge in [-0.25, -0.2) is 0 Å². The lowest BCUT2D eigenvalue weighted by Gasteiger charge is -2.31. The third-order valence-electron chi connectivity index (χ3n) is 3.42. The van der Waals surface area contributed by atoms with Gasteiger partial charge in [-0.05, 0) is 18.1 Å². The van der Waals surface area contributed by atoms with Crippen molar-refractivity contribution in [1.82, 2.24) is 10.6 Å². The van der Waals surface area contributed by atoms with Gasteiger partial charge in [0.25, 0.3) is 0 Å². The van der Waals surface area contributed by atoms with Crippen molar-refractivity contribution in [1.29, 1.82) is 0 Å². The first-order chi connectivity index (χ1) is 9.13. The van der Waals surface area contributed by atoms with Crippen LogP contribution in [0.4, 0.5) is 0 Å². The number of amides is 1. The Kier molecular flexibility index (Phi) is 4.16. The predicted octanol–water partition coefficient (Wildman–Crippen LogP) is 0.551. The maximum atomic E-state index is 12.2. The molecule has 2 atom stereocenters. The molecule has 0 saturated carbocycles. The lowest BCUT2D eigenvalue weighted by molar-refractivity contribution is -0.141. The molecule has 0 radical (unpaired) electrons. The van der Waals surface area contributed by atoms with Crippen LogP contribution < -0.4 is 10.6 Å². The molecule has 19 heavy (non-hydrogen) atoms. The fourth-order valence-electron chi connectivity index (χ4n) is 2.37. The molecule has 0 bridgehead atoms. The standard InChI is InChI=1S/C14H18N2O3/c1-9-13(14(18)16-8-12(17)19-2)11-6-4-3-5-10(11)7-15-9/h3-6,9,13,15H,7-8H2,1-2H3,(H,16,18). The minimum atomic E-state index is -0.446. The van der Waals surface area contributed by atoms with Gasteiger partial charge in [-0.2, -0.15) is 0 Å². The molecule has 0 fully saturated rings. The second-order valence-corrected chi connectivity index (χ2v) is 4.64. The first-order valence-corrected chi connectivity index (χ1v) is 6.29. The molecular formula is C14H18N2O3. The average molecular weight is 262 g/mol. The van der Waals surface area contributed by atoms with Gasteiger partial charge in [0.2, 0.25) is 5.91 Å². The molecule has 1 aromatic rings. The van der Waals surface area contributed by atoms with E-state index in [0.717, 1.165) is 17.7 Å². The lowest BCUT2D eigenvalue weighted by atomic mass is 9.85. The molecule has 0 spiro atoms. The average Bonchev–Trinajstić information content (AvgIpc) is 2.44. The molecule has 1 aliphatic rings.